The van der Waals surface area contributed by atoms with Crippen LogP contribution < -0.4 is 10.6 Å². The molecule has 1 unspecified atom stereocenters. The van der Waals surface area contributed by atoms with Crippen LogP contribution in [0.4, 0.5) is 14.9 Å². The lowest BCUT2D eigenvalue weighted by atomic mass is 9.84. The predicted octanol–water partition coefficient (Wildman–Crippen LogP) is 3.08. The van der Waals surface area contributed by atoms with Crippen molar-refractivity contribution >= 4 is 17.7 Å². The third-order valence-corrected chi connectivity index (χ3v) is 2.84. The number of hydrogen-bond acceptors (Lipinski definition) is 2. The minimum absolute atomic E-state index is 0.00705. The van der Waals surface area contributed by atoms with Crippen molar-refractivity contribution < 1.29 is 19.1 Å². The standard InChI is InChI=1S/C15H21FN2O3/c1-15(2,3)8-10(13(19)20)9-17-14(21)18-12-7-5-4-6-11(12)16/h4-7,10H,8-9H2,1-3H3,(H,19,20)(H2,17,18,21). The lowest BCUT2D eigenvalue weighted by molar-refractivity contribution is -0.142. The number of rotatable bonds is 5. The second-order valence-electron chi connectivity index (χ2n) is 6.11. The highest BCUT2D eigenvalue weighted by atomic mass is 19.1. The van der Waals surface area contributed by atoms with Gasteiger partial charge >= 0.3 is 12.0 Å². The quantitative estimate of drug-likeness (QED) is 0.781. The van der Waals surface area contributed by atoms with Gasteiger partial charge in [-0.2, -0.15) is 0 Å². The zero-order valence-electron chi connectivity index (χ0n) is 12.4. The number of carboxylic acids is 1. The normalized spacial score (nSPS) is 12.6. The summed E-state index contributed by atoms with van der Waals surface area (Å²) in [7, 11) is 0. The highest BCUT2D eigenvalue weighted by molar-refractivity contribution is 5.89. The van der Waals surface area contributed by atoms with Gasteiger partial charge in [-0.25, -0.2) is 9.18 Å². The first-order valence-corrected chi connectivity index (χ1v) is 6.71. The fourth-order valence-electron chi connectivity index (χ4n) is 1.93. The van der Waals surface area contributed by atoms with Crippen LogP contribution in [0.3, 0.4) is 0 Å². The molecule has 0 fully saturated rings. The van der Waals surface area contributed by atoms with Crippen LogP contribution in [0.2, 0.25) is 0 Å². The van der Waals surface area contributed by atoms with Gasteiger partial charge in [0.15, 0.2) is 0 Å². The maximum Gasteiger partial charge on any atom is 0.319 e. The van der Waals surface area contributed by atoms with E-state index in [9.17, 15) is 14.0 Å². The van der Waals surface area contributed by atoms with E-state index < -0.39 is 23.7 Å². The highest BCUT2D eigenvalue weighted by Gasteiger charge is 2.25. The molecule has 0 radical (unpaired) electrons. The van der Waals surface area contributed by atoms with Crippen LogP contribution in [-0.4, -0.2) is 23.7 Å². The molecule has 0 spiro atoms. The number of carboxylic acid groups (broad SMARTS) is 1. The molecule has 2 amide bonds. The second-order valence-corrected chi connectivity index (χ2v) is 6.11. The molecule has 3 N–H and O–H groups in total. The summed E-state index contributed by atoms with van der Waals surface area (Å²) in [5.74, 6) is -2.19. The maximum atomic E-state index is 13.4. The number of amides is 2. The molecule has 21 heavy (non-hydrogen) atoms. The largest absolute Gasteiger partial charge is 0.481 e. The smallest absolute Gasteiger partial charge is 0.319 e. The molecule has 0 aliphatic heterocycles. The second kappa shape index (κ2) is 7.06. The number of nitrogens with one attached hydrogen (secondary N) is 2. The lowest BCUT2D eigenvalue weighted by Gasteiger charge is -2.23. The van der Waals surface area contributed by atoms with Crippen molar-refractivity contribution in [3.63, 3.8) is 0 Å². The van der Waals surface area contributed by atoms with Crippen LogP contribution >= 0.6 is 0 Å². The SMILES string of the molecule is CC(C)(C)CC(CNC(=O)Nc1ccccc1F)C(=O)O. The Balaban J connectivity index is 2.54. The van der Waals surface area contributed by atoms with E-state index in [1.165, 1.54) is 18.2 Å². The molecule has 1 atom stereocenters. The van der Waals surface area contributed by atoms with Crippen molar-refractivity contribution in [2.75, 3.05) is 11.9 Å². The zero-order chi connectivity index (χ0) is 16.0. The first-order valence-electron chi connectivity index (χ1n) is 6.71. The fourth-order valence-corrected chi connectivity index (χ4v) is 1.93. The van der Waals surface area contributed by atoms with Crippen LogP contribution in [0.15, 0.2) is 24.3 Å². The molecule has 0 saturated carbocycles. The lowest BCUT2D eigenvalue weighted by Crippen LogP contribution is -2.37. The summed E-state index contributed by atoms with van der Waals surface area (Å²) >= 11 is 0. The number of para-hydroxylation sites is 1. The minimum Gasteiger partial charge on any atom is -0.481 e. The first-order chi connectivity index (χ1) is 9.69. The summed E-state index contributed by atoms with van der Waals surface area (Å²) in [4.78, 5) is 22.8. The molecule has 1 aromatic carbocycles. The van der Waals surface area contributed by atoms with Gasteiger partial charge in [-0.1, -0.05) is 32.9 Å². The topological polar surface area (TPSA) is 78.4 Å². The monoisotopic (exact) mass is 296 g/mol. The van der Waals surface area contributed by atoms with Crippen LogP contribution in [0.1, 0.15) is 27.2 Å². The van der Waals surface area contributed by atoms with Gasteiger partial charge in [0, 0.05) is 6.54 Å². The Kier molecular flexibility index (Phi) is 5.69. The summed E-state index contributed by atoms with van der Waals surface area (Å²) < 4.78 is 13.4. The van der Waals surface area contributed by atoms with E-state index in [0.717, 1.165) is 0 Å². The number of urea groups is 1. The molecule has 1 aromatic rings. The Morgan fingerprint density at radius 1 is 1.29 bits per heavy atom. The number of benzene rings is 1. The van der Waals surface area contributed by atoms with Gasteiger partial charge in [-0.15, -0.1) is 0 Å². The van der Waals surface area contributed by atoms with Gasteiger partial charge in [-0.05, 0) is 24.0 Å². The van der Waals surface area contributed by atoms with Crippen molar-refractivity contribution in [3.8, 4) is 0 Å². The fraction of sp³-hybridized carbons (Fsp3) is 0.467. The van der Waals surface area contributed by atoms with Gasteiger partial charge in [0.1, 0.15) is 5.82 Å². The average molecular weight is 296 g/mol. The molecule has 0 bridgehead atoms. The Morgan fingerprint density at radius 2 is 1.90 bits per heavy atom. The van der Waals surface area contributed by atoms with Crippen LogP contribution in [-0.2, 0) is 4.79 Å². The average Bonchev–Trinajstić information content (AvgIpc) is 2.35. The van der Waals surface area contributed by atoms with Gasteiger partial charge in [0.05, 0.1) is 11.6 Å². The molecule has 5 nitrogen and oxygen atoms in total. The number of aliphatic carboxylic acids is 1. The third kappa shape index (κ3) is 6.25. The molecule has 0 aliphatic carbocycles. The zero-order valence-corrected chi connectivity index (χ0v) is 12.4. The Labute approximate surface area is 123 Å². The van der Waals surface area contributed by atoms with E-state index >= 15 is 0 Å². The number of hydrogen-bond donors (Lipinski definition) is 3. The van der Waals surface area contributed by atoms with Gasteiger partial charge in [0.25, 0.3) is 0 Å². The van der Waals surface area contributed by atoms with Gasteiger partial charge in [-0.3, -0.25) is 4.79 Å². The predicted molar refractivity (Wildman–Crippen MR) is 78.6 cm³/mol. The van der Waals surface area contributed by atoms with Crippen LogP contribution in [0.25, 0.3) is 0 Å². The van der Waals surface area contributed by atoms with E-state index in [2.05, 4.69) is 10.6 Å². The number of carbonyl (C=O) groups excluding carboxylic acids is 1. The summed E-state index contributed by atoms with van der Waals surface area (Å²) in [6, 6.07) is 5.15. The third-order valence-electron chi connectivity index (χ3n) is 2.84. The molecular formula is C15H21FN2O3. The number of halogens is 1. The molecular weight excluding hydrogens is 275 g/mol. The van der Waals surface area contributed by atoms with Gasteiger partial charge < -0.3 is 15.7 Å². The van der Waals surface area contributed by atoms with Crippen molar-refractivity contribution in [1.29, 1.82) is 0 Å². The van der Waals surface area contributed by atoms with Crippen molar-refractivity contribution in [2.24, 2.45) is 11.3 Å². The number of carbonyl (C=O) groups is 2. The first kappa shape index (κ1) is 16.9. The van der Waals surface area contributed by atoms with Crippen LogP contribution in [0, 0.1) is 17.2 Å². The van der Waals surface area contributed by atoms with E-state index in [-0.39, 0.29) is 17.6 Å². The summed E-state index contributed by atoms with van der Waals surface area (Å²) in [6.07, 6.45) is 0.433. The summed E-state index contributed by atoms with van der Waals surface area (Å²) in [6.45, 7) is 5.79. The van der Waals surface area contributed by atoms with E-state index in [0.29, 0.717) is 6.42 Å². The highest BCUT2D eigenvalue weighted by Crippen LogP contribution is 2.24. The molecule has 116 valence electrons. The van der Waals surface area contributed by atoms with E-state index in [1.807, 2.05) is 20.8 Å². The Bertz CT molecular complexity index is 512. The molecule has 0 saturated heterocycles. The maximum absolute atomic E-state index is 13.4. The molecule has 0 aliphatic rings. The summed E-state index contributed by atoms with van der Waals surface area (Å²) in [5.41, 5.74) is -0.107. The Morgan fingerprint density at radius 3 is 2.43 bits per heavy atom. The van der Waals surface area contributed by atoms with Crippen molar-refractivity contribution in [1.82, 2.24) is 5.32 Å². The molecule has 6 heteroatoms. The van der Waals surface area contributed by atoms with Crippen LogP contribution in [0.5, 0.6) is 0 Å². The minimum atomic E-state index is -0.962. The van der Waals surface area contributed by atoms with Gasteiger partial charge in [0.2, 0.25) is 0 Å². The molecule has 0 aromatic heterocycles. The summed E-state index contributed by atoms with van der Waals surface area (Å²) in [5, 5.41) is 14.0. The Hall–Kier alpha value is -2.11. The molecule has 0 heterocycles. The van der Waals surface area contributed by atoms with E-state index in [4.69, 9.17) is 5.11 Å². The van der Waals surface area contributed by atoms with Crippen molar-refractivity contribution in [2.45, 2.75) is 27.2 Å². The molecule has 1 rings (SSSR count). The number of anilines is 1. The van der Waals surface area contributed by atoms with E-state index in [1.54, 1.807) is 6.07 Å². The van der Waals surface area contributed by atoms with Crippen molar-refractivity contribution in [3.05, 3.63) is 30.1 Å².